The van der Waals surface area contributed by atoms with Gasteiger partial charge in [-0.3, -0.25) is 9.59 Å². The Morgan fingerprint density at radius 1 is 0.463 bits per heavy atom. The highest BCUT2D eigenvalue weighted by Gasteiger charge is 2.23. The van der Waals surface area contributed by atoms with E-state index in [1.54, 1.807) is 6.08 Å². The van der Waals surface area contributed by atoms with Crippen LogP contribution < -0.4 is 5.32 Å². The highest BCUT2D eigenvalue weighted by atomic mass is 16.5. The van der Waals surface area contributed by atoms with E-state index < -0.39 is 18.2 Å². The molecule has 0 saturated heterocycles. The fourth-order valence-corrected chi connectivity index (χ4v) is 6.98. The van der Waals surface area contributed by atoms with Crippen molar-refractivity contribution in [3.63, 3.8) is 0 Å². The van der Waals surface area contributed by atoms with E-state index in [-0.39, 0.29) is 31.3 Å². The maximum Gasteiger partial charge on any atom is 0.306 e. The van der Waals surface area contributed by atoms with Crippen molar-refractivity contribution in [3.8, 4) is 0 Å². The number of hydrogen-bond donors (Lipinski definition) is 3. The third kappa shape index (κ3) is 48.0. The first-order valence-electron chi connectivity index (χ1n) is 26.6. The van der Waals surface area contributed by atoms with Crippen LogP contribution in [0.25, 0.3) is 0 Å². The highest BCUT2D eigenvalue weighted by molar-refractivity contribution is 5.78. The van der Waals surface area contributed by atoms with Crippen LogP contribution in [0.1, 0.15) is 201 Å². The maximum atomic E-state index is 13.2. The zero-order valence-corrected chi connectivity index (χ0v) is 42.7. The largest absolute Gasteiger partial charge is 0.458 e. The number of amides is 1. The standard InChI is InChI=1S/C61H97NO5/c1-4-7-10-13-16-19-22-25-27-29-30-32-34-36-39-42-45-48-51-54-61(66)67-57(52-49-46-43-40-37-35-33-31-28-26-23-20-17-14-11-8-5-2)55-60(65)62-58(56-63)59(64)53-50-47-44-41-38-24-21-18-15-12-9-6-3/h7-8,10-11,16-17,19-20,25-28,30,32-33,35-36,39-40,43,45,48-49,52,57-59,63-64H,4-6,9,12-15,18,21-24,29,31,34,37-38,41-42,44,46-47,50-51,53-56H2,1-3H3,(H,62,65)/b10-7-,11-8-,19-16-,20-17-,27-25-,28-26-,32-30-,35-33-,39-36-,43-40-,48-45-,52-49-. The summed E-state index contributed by atoms with van der Waals surface area (Å²) in [5.74, 6) is -0.746. The van der Waals surface area contributed by atoms with Crippen LogP contribution in [-0.2, 0) is 14.3 Å². The zero-order valence-electron chi connectivity index (χ0n) is 42.7. The Bertz CT molecular complexity index is 1500. The molecule has 0 bridgehead atoms. The number of esters is 1. The first-order chi connectivity index (χ1) is 33.0. The number of aliphatic hydroxyl groups is 2. The smallest absolute Gasteiger partial charge is 0.306 e. The second-order valence-electron chi connectivity index (χ2n) is 17.2. The van der Waals surface area contributed by atoms with Gasteiger partial charge in [0.05, 0.1) is 25.2 Å². The molecule has 0 radical (unpaired) electrons. The second-order valence-corrected chi connectivity index (χ2v) is 17.2. The molecule has 0 aromatic carbocycles. The lowest BCUT2D eigenvalue weighted by Crippen LogP contribution is -2.46. The number of ether oxygens (including phenoxy) is 1. The van der Waals surface area contributed by atoms with Crippen LogP contribution >= 0.6 is 0 Å². The molecule has 0 aromatic rings. The summed E-state index contributed by atoms with van der Waals surface area (Å²) in [5, 5.41) is 23.7. The minimum atomic E-state index is -0.842. The lowest BCUT2D eigenvalue weighted by atomic mass is 10.0. The molecule has 0 aliphatic rings. The maximum absolute atomic E-state index is 13.2. The molecule has 3 unspecified atom stereocenters. The number of nitrogens with one attached hydrogen (secondary N) is 1. The minimum absolute atomic E-state index is 0.0877. The van der Waals surface area contributed by atoms with Crippen LogP contribution in [0.3, 0.4) is 0 Å². The van der Waals surface area contributed by atoms with Gasteiger partial charge in [-0.1, -0.05) is 238 Å². The van der Waals surface area contributed by atoms with Gasteiger partial charge in [-0.25, -0.2) is 0 Å². The third-order valence-corrected chi connectivity index (χ3v) is 10.9. The lowest BCUT2D eigenvalue weighted by Gasteiger charge is -2.23. The fraction of sp³-hybridized carbons (Fsp3) is 0.574. The van der Waals surface area contributed by atoms with Crippen molar-refractivity contribution in [2.45, 2.75) is 219 Å². The van der Waals surface area contributed by atoms with E-state index in [1.807, 2.05) is 12.2 Å². The van der Waals surface area contributed by atoms with E-state index in [0.29, 0.717) is 19.3 Å². The van der Waals surface area contributed by atoms with Gasteiger partial charge in [0.15, 0.2) is 0 Å². The van der Waals surface area contributed by atoms with Gasteiger partial charge in [-0.15, -0.1) is 0 Å². The number of unbranched alkanes of at least 4 members (excludes halogenated alkanes) is 11. The summed E-state index contributed by atoms with van der Waals surface area (Å²) in [6.07, 6.45) is 76.6. The Balaban J connectivity index is 4.92. The van der Waals surface area contributed by atoms with Crippen LogP contribution in [0.5, 0.6) is 0 Å². The van der Waals surface area contributed by atoms with Crippen molar-refractivity contribution in [2.24, 2.45) is 0 Å². The lowest BCUT2D eigenvalue weighted by molar-refractivity contribution is -0.148. The molecule has 376 valence electrons. The summed E-state index contributed by atoms with van der Waals surface area (Å²) in [4.78, 5) is 26.1. The molecule has 6 nitrogen and oxygen atoms in total. The molecule has 6 heteroatoms. The van der Waals surface area contributed by atoms with Crippen molar-refractivity contribution in [2.75, 3.05) is 6.61 Å². The topological polar surface area (TPSA) is 95.9 Å². The average molecular weight is 924 g/mol. The van der Waals surface area contributed by atoms with Gasteiger partial charge in [0.1, 0.15) is 6.10 Å². The molecule has 0 aliphatic heterocycles. The van der Waals surface area contributed by atoms with Crippen molar-refractivity contribution in [1.82, 2.24) is 5.32 Å². The molecule has 0 aromatic heterocycles. The molecule has 0 saturated carbocycles. The average Bonchev–Trinajstić information content (AvgIpc) is 3.32. The Labute approximate surface area is 411 Å². The second kappa shape index (κ2) is 52.7. The van der Waals surface area contributed by atoms with E-state index in [0.717, 1.165) is 89.9 Å². The van der Waals surface area contributed by atoms with Crippen molar-refractivity contribution in [1.29, 1.82) is 0 Å². The summed E-state index contributed by atoms with van der Waals surface area (Å²) in [5.41, 5.74) is 0. The first kappa shape index (κ1) is 62.7. The van der Waals surface area contributed by atoms with Crippen LogP contribution in [0.4, 0.5) is 0 Å². The Morgan fingerprint density at radius 3 is 1.18 bits per heavy atom. The number of carbonyl (C=O) groups is 2. The molecule has 3 atom stereocenters. The molecular weight excluding hydrogens is 827 g/mol. The van der Waals surface area contributed by atoms with Crippen molar-refractivity contribution >= 4 is 11.9 Å². The fourth-order valence-electron chi connectivity index (χ4n) is 6.98. The van der Waals surface area contributed by atoms with Gasteiger partial charge in [0, 0.05) is 6.42 Å². The Morgan fingerprint density at radius 2 is 0.806 bits per heavy atom. The number of carbonyl (C=O) groups excluding carboxylic acids is 2. The molecule has 0 rings (SSSR count). The van der Waals surface area contributed by atoms with Gasteiger partial charge in [0.25, 0.3) is 0 Å². The van der Waals surface area contributed by atoms with E-state index >= 15 is 0 Å². The molecule has 0 spiro atoms. The Hall–Kier alpha value is -4.26. The molecular formula is C61H97NO5. The molecule has 67 heavy (non-hydrogen) atoms. The zero-order chi connectivity index (χ0) is 48.8. The van der Waals surface area contributed by atoms with E-state index in [9.17, 15) is 19.8 Å². The minimum Gasteiger partial charge on any atom is -0.458 e. The number of allylic oxidation sites excluding steroid dienone is 23. The van der Waals surface area contributed by atoms with Gasteiger partial charge < -0.3 is 20.3 Å². The summed E-state index contributed by atoms with van der Waals surface area (Å²) < 4.78 is 5.79. The predicted octanol–water partition coefficient (Wildman–Crippen LogP) is 16.4. The molecule has 0 heterocycles. The summed E-state index contributed by atoms with van der Waals surface area (Å²) >= 11 is 0. The van der Waals surface area contributed by atoms with Gasteiger partial charge >= 0.3 is 5.97 Å². The molecule has 0 fully saturated rings. The quantitative estimate of drug-likeness (QED) is 0.0321. The van der Waals surface area contributed by atoms with Gasteiger partial charge in [-0.05, 0) is 96.0 Å². The number of rotatable bonds is 45. The molecule has 3 N–H and O–H groups in total. The van der Waals surface area contributed by atoms with Gasteiger partial charge in [-0.2, -0.15) is 0 Å². The summed E-state index contributed by atoms with van der Waals surface area (Å²) in [7, 11) is 0. The first-order valence-corrected chi connectivity index (χ1v) is 26.6. The highest BCUT2D eigenvalue weighted by Crippen LogP contribution is 2.15. The van der Waals surface area contributed by atoms with E-state index in [1.165, 1.54) is 57.8 Å². The molecule has 1 amide bonds. The summed E-state index contributed by atoms with van der Waals surface area (Å²) in [6, 6.07) is -0.769. The third-order valence-electron chi connectivity index (χ3n) is 10.9. The number of hydrogen-bond acceptors (Lipinski definition) is 5. The normalized spacial score (nSPS) is 14.4. The molecule has 0 aliphatic carbocycles. The monoisotopic (exact) mass is 924 g/mol. The van der Waals surface area contributed by atoms with Crippen molar-refractivity contribution < 1.29 is 24.5 Å². The van der Waals surface area contributed by atoms with Crippen LogP contribution in [0, 0.1) is 0 Å². The van der Waals surface area contributed by atoms with Crippen LogP contribution in [0.15, 0.2) is 146 Å². The summed E-state index contributed by atoms with van der Waals surface area (Å²) in [6.45, 7) is 6.18. The van der Waals surface area contributed by atoms with Crippen molar-refractivity contribution in [3.05, 3.63) is 146 Å². The van der Waals surface area contributed by atoms with Crippen LogP contribution in [0.2, 0.25) is 0 Å². The SMILES string of the molecule is CC/C=C\C/C=C\C/C=C\C/C=C\C/C=C\C/C=C\CCC(=O)OC(/C=C\C/C=C\C/C=C\C/C=C\C/C=C\C/C=C\CC)CC(=O)NC(CO)C(O)CCCCCCCCCCCCCC. The van der Waals surface area contributed by atoms with Gasteiger partial charge in [0.2, 0.25) is 5.91 Å². The Kier molecular flexibility index (Phi) is 49.4. The predicted molar refractivity (Wildman–Crippen MR) is 291 cm³/mol. The van der Waals surface area contributed by atoms with E-state index in [2.05, 4.69) is 154 Å². The van der Waals surface area contributed by atoms with Crippen LogP contribution in [-0.4, -0.2) is 46.9 Å². The van der Waals surface area contributed by atoms with E-state index in [4.69, 9.17) is 4.74 Å². The number of aliphatic hydroxyl groups excluding tert-OH is 2.